The van der Waals surface area contributed by atoms with E-state index in [1.807, 2.05) is 0 Å². The quantitative estimate of drug-likeness (QED) is 0.395. The van der Waals surface area contributed by atoms with Crippen LogP contribution in [-0.4, -0.2) is 61.8 Å². The second-order valence-corrected chi connectivity index (χ2v) is 7.38. The van der Waals surface area contributed by atoms with Crippen LogP contribution in [0.5, 0.6) is 0 Å². The van der Waals surface area contributed by atoms with Crippen molar-refractivity contribution < 1.29 is 4.74 Å². The summed E-state index contributed by atoms with van der Waals surface area (Å²) in [6.07, 6.45) is 9.63. The summed E-state index contributed by atoms with van der Waals surface area (Å²) in [7, 11) is 4.40. The Balaban J connectivity index is 0.00000192. The Morgan fingerprint density at radius 2 is 2.00 bits per heavy atom. The highest BCUT2D eigenvalue weighted by Crippen LogP contribution is 2.35. The number of likely N-dealkylation sites (N-methyl/N-ethyl adjacent to an activating group) is 1. The molecule has 3 rings (SSSR count). The van der Waals surface area contributed by atoms with Gasteiger partial charge in [0, 0.05) is 12.1 Å². The first kappa shape index (κ1) is 19.2. The minimum absolute atomic E-state index is 0. The van der Waals surface area contributed by atoms with Gasteiger partial charge < -0.3 is 20.3 Å². The monoisotopic (exact) mass is 436 g/mol. The molecule has 134 valence electrons. The molecule has 0 aromatic carbocycles. The number of hydrogen-bond acceptors (Lipinski definition) is 3. The van der Waals surface area contributed by atoms with Gasteiger partial charge in [0.1, 0.15) is 0 Å². The van der Waals surface area contributed by atoms with Crippen LogP contribution in [0.3, 0.4) is 0 Å². The Hall–Kier alpha value is -0.0800. The topological polar surface area (TPSA) is 48.9 Å². The van der Waals surface area contributed by atoms with E-state index >= 15 is 0 Å². The minimum Gasteiger partial charge on any atom is -0.373 e. The number of fused-ring (bicyclic) bond motifs is 2. The average molecular weight is 436 g/mol. The highest BCUT2D eigenvalue weighted by Gasteiger charge is 2.41. The van der Waals surface area contributed by atoms with E-state index < -0.39 is 0 Å². The maximum atomic E-state index is 5.95. The molecule has 3 fully saturated rings. The summed E-state index contributed by atoms with van der Waals surface area (Å²) in [5, 5.41) is 7.04. The molecular weight excluding hydrogens is 403 g/mol. The lowest BCUT2D eigenvalue weighted by molar-refractivity contribution is 0.0992. The zero-order valence-electron chi connectivity index (χ0n) is 14.8. The maximum Gasteiger partial charge on any atom is 0.191 e. The fourth-order valence-corrected chi connectivity index (χ4v) is 4.29. The van der Waals surface area contributed by atoms with E-state index in [2.05, 4.69) is 36.6 Å². The van der Waals surface area contributed by atoms with Gasteiger partial charge in [-0.05, 0) is 53.1 Å². The summed E-state index contributed by atoms with van der Waals surface area (Å²) in [5.41, 5.74) is 0.257. The molecule has 0 amide bonds. The van der Waals surface area contributed by atoms with E-state index in [4.69, 9.17) is 9.73 Å². The molecule has 0 radical (unpaired) electrons. The van der Waals surface area contributed by atoms with Crippen molar-refractivity contribution >= 4 is 29.9 Å². The van der Waals surface area contributed by atoms with Crippen LogP contribution in [0.15, 0.2) is 4.99 Å². The second kappa shape index (κ2) is 8.34. The summed E-state index contributed by atoms with van der Waals surface area (Å²) >= 11 is 0. The SMILES string of the molecule is CCNC(=NCC1(N(C)C)CCCC1)NC1CC2CCC1O2.I. The fourth-order valence-electron chi connectivity index (χ4n) is 4.29. The van der Waals surface area contributed by atoms with E-state index in [1.54, 1.807) is 0 Å². The van der Waals surface area contributed by atoms with Crippen molar-refractivity contribution in [3.63, 3.8) is 0 Å². The standard InChI is InChI=1S/C17H32N4O.HI/c1-4-18-16(20-14-11-13-7-8-15(14)22-13)19-12-17(21(2)3)9-5-6-10-17;/h13-15H,4-12H2,1-3H3,(H2,18,19,20);1H. The molecule has 2 saturated heterocycles. The third kappa shape index (κ3) is 4.31. The number of nitrogens with zero attached hydrogens (tertiary/aromatic N) is 2. The molecule has 6 heteroatoms. The normalized spacial score (nSPS) is 32.2. The van der Waals surface area contributed by atoms with Gasteiger partial charge in [-0.1, -0.05) is 12.8 Å². The zero-order chi connectivity index (χ0) is 15.6. The lowest BCUT2D eigenvalue weighted by atomic mass is 9.95. The van der Waals surface area contributed by atoms with Crippen LogP contribution >= 0.6 is 24.0 Å². The van der Waals surface area contributed by atoms with Crippen molar-refractivity contribution in [2.45, 2.75) is 75.7 Å². The number of ether oxygens (including phenoxy) is 1. The van der Waals surface area contributed by atoms with Crippen molar-refractivity contribution in [3.8, 4) is 0 Å². The minimum atomic E-state index is 0. The number of nitrogens with one attached hydrogen (secondary N) is 2. The maximum absolute atomic E-state index is 5.95. The number of hydrogen-bond donors (Lipinski definition) is 2. The van der Waals surface area contributed by atoms with Crippen LogP contribution in [0.1, 0.15) is 51.9 Å². The smallest absolute Gasteiger partial charge is 0.191 e. The van der Waals surface area contributed by atoms with Gasteiger partial charge in [-0.25, -0.2) is 0 Å². The fraction of sp³-hybridized carbons (Fsp3) is 0.941. The predicted octanol–water partition coefficient (Wildman–Crippen LogP) is 2.35. The number of halogens is 1. The lowest BCUT2D eigenvalue weighted by Gasteiger charge is -2.35. The molecule has 5 nitrogen and oxygen atoms in total. The van der Waals surface area contributed by atoms with E-state index in [0.29, 0.717) is 18.2 Å². The molecule has 2 aliphatic heterocycles. The van der Waals surface area contributed by atoms with Gasteiger partial charge in [-0.15, -0.1) is 24.0 Å². The van der Waals surface area contributed by atoms with Crippen molar-refractivity contribution in [1.29, 1.82) is 0 Å². The number of aliphatic imine (C=N–C) groups is 1. The molecule has 0 aromatic rings. The van der Waals surface area contributed by atoms with E-state index in [9.17, 15) is 0 Å². The average Bonchev–Trinajstić information content (AvgIpc) is 3.22. The summed E-state index contributed by atoms with van der Waals surface area (Å²) in [5.74, 6) is 0.969. The van der Waals surface area contributed by atoms with Gasteiger partial charge in [-0.2, -0.15) is 0 Å². The molecule has 1 aliphatic carbocycles. The third-order valence-corrected chi connectivity index (χ3v) is 5.79. The molecule has 23 heavy (non-hydrogen) atoms. The van der Waals surface area contributed by atoms with Gasteiger partial charge in [-0.3, -0.25) is 4.99 Å². The highest BCUT2D eigenvalue weighted by molar-refractivity contribution is 14.0. The molecule has 0 spiro atoms. The number of guanidine groups is 1. The lowest BCUT2D eigenvalue weighted by Crippen LogP contribution is -2.49. The third-order valence-electron chi connectivity index (χ3n) is 5.79. The van der Waals surface area contributed by atoms with Crippen LogP contribution in [0.25, 0.3) is 0 Å². The summed E-state index contributed by atoms with van der Waals surface area (Å²) in [6, 6.07) is 0.440. The van der Waals surface area contributed by atoms with E-state index in [1.165, 1.54) is 38.5 Å². The first-order valence-corrected chi connectivity index (χ1v) is 9.01. The molecule has 2 heterocycles. The van der Waals surface area contributed by atoms with Crippen molar-refractivity contribution in [1.82, 2.24) is 15.5 Å². The van der Waals surface area contributed by atoms with Gasteiger partial charge in [0.15, 0.2) is 5.96 Å². The Morgan fingerprint density at radius 3 is 2.52 bits per heavy atom. The van der Waals surface area contributed by atoms with Gasteiger partial charge in [0.2, 0.25) is 0 Å². The van der Waals surface area contributed by atoms with Gasteiger partial charge in [0.05, 0.1) is 24.8 Å². The van der Waals surface area contributed by atoms with Crippen LogP contribution in [0.2, 0.25) is 0 Å². The Kier molecular flexibility index (Phi) is 6.98. The predicted molar refractivity (Wildman–Crippen MR) is 106 cm³/mol. The summed E-state index contributed by atoms with van der Waals surface area (Å²) in [6.45, 7) is 3.92. The molecule has 2 bridgehead atoms. The molecule has 1 saturated carbocycles. The molecular formula is C17H33IN4O. The molecule has 3 aliphatic rings. The molecule has 2 N–H and O–H groups in total. The van der Waals surface area contributed by atoms with Crippen molar-refractivity contribution in [3.05, 3.63) is 0 Å². The van der Waals surface area contributed by atoms with Crippen LogP contribution in [0.4, 0.5) is 0 Å². The van der Waals surface area contributed by atoms with Crippen LogP contribution in [-0.2, 0) is 4.74 Å². The first-order chi connectivity index (χ1) is 10.6. The van der Waals surface area contributed by atoms with Crippen molar-refractivity contribution in [2.75, 3.05) is 27.2 Å². The first-order valence-electron chi connectivity index (χ1n) is 9.01. The second-order valence-electron chi connectivity index (χ2n) is 7.38. The largest absolute Gasteiger partial charge is 0.373 e. The van der Waals surface area contributed by atoms with E-state index in [0.717, 1.165) is 25.5 Å². The summed E-state index contributed by atoms with van der Waals surface area (Å²) in [4.78, 5) is 7.32. The van der Waals surface area contributed by atoms with Gasteiger partial charge >= 0.3 is 0 Å². The summed E-state index contributed by atoms with van der Waals surface area (Å²) < 4.78 is 5.95. The Bertz CT molecular complexity index is 409. The van der Waals surface area contributed by atoms with Crippen molar-refractivity contribution in [2.24, 2.45) is 4.99 Å². The van der Waals surface area contributed by atoms with Crippen LogP contribution < -0.4 is 10.6 Å². The van der Waals surface area contributed by atoms with Crippen LogP contribution in [0, 0.1) is 0 Å². The Morgan fingerprint density at radius 1 is 1.26 bits per heavy atom. The van der Waals surface area contributed by atoms with E-state index in [-0.39, 0.29) is 29.5 Å². The highest BCUT2D eigenvalue weighted by atomic mass is 127. The zero-order valence-corrected chi connectivity index (χ0v) is 17.1. The molecule has 0 aromatic heterocycles. The number of rotatable bonds is 5. The molecule has 3 unspecified atom stereocenters. The van der Waals surface area contributed by atoms with Gasteiger partial charge in [0.25, 0.3) is 0 Å². The Labute approximate surface area is 158 Å². The molecule has 3 atom stereocenters.